The summed E-state index contributed by atoms with van der Waals surface area (Å²) in [5, 5.41) is 5.26. The number of pyridine rings is 1. The molecule has 3 aromatic rings. The lowest BCUT2D eigenvalue weighted by molar-refractivity contribution is 0.0786. The largest absolute Gasteiger partial charge is 0.366 e. The highest BCUT2D eigenvalue weighted by Gasteiger charge is 2.29. The molecule has 1 aliphatic rings. The molecule has 0 radical (unpaired) electrons. The molecular weight excluding hydrogens is 354 g/mol. The number of nitrogens with zero attached hydrogens (tertiary/aromatic N) is 4. The van der Waals surface area contributed by atoms with E-state index < -0.39 is 5.91 Å². The molecule has 7 nitrogen and oxygen atoms in total. The quantitative estimate of drug-likeness (QED) is 0.739. The van der Waals surface area contributed by atoms with Gasteiger partial charge in [0.15, 0.2) is 5.65 Å². The average molecular weight is 377 g/mol. The third-order valence-corrected chi connectivity index (χ3v) is 5.19. The number of rotatable bonds is 5. The van der Waals surface area contributed by atoms with Crippen molar-refractivity contribution in [2.75, 3.05) is 7.05 Å². The normalized spacial score (nSPS) is 13.7. The first kappa shape index (κ1) is 18.2. The van der Waals surface area contributed by atoms with Crippen molar-refractivity contribution in [1.29, 1.82) is 0 Å². The van der Waals surface area contributed by atoms with Crippen LogP contribution in [-0.4, -0.2) is 38.5 Å². The fraction of sp³-hybridized carbons (Fsp3) is 0.333. The van der Waals surface area contributed by atoms with Crippen LogP contribution < -0.4 is 5.73 Å². The predicted octanol–water partition coefficient (Wildman–Crippen LogP) is 2.53. The number of benzene rings is 1. The van der Waals surface area contributed by atoms with Crippen LogP contribution in [0.3, 0.4) is 0 Å². The lowest BCUT2D eigenvalue weighted by atomic mass is 10.1. The number of hydrogen-bond acceptors (Lipinski definition) is 4. The van der Waals surface area contributed by atoms with Gasteiger partial charge in [-0.05, 0) is 43.5 Å². The number of aromatic nitrogens is 3. The van der Waals surface area contributed by atoms with Gasteiger partial charge in [-0.25, -0.2) is 4.98 Å². The number of amides is 2. The zero-order valence-electron chi connectivity index (χ0n) is 16.3. The fourth-order valence-electron chi connectivity index (χ4n) is 3.60. The van der Waals surface area contributed by atoms with Gasteiger partial charge in [0.2, 0.25) is 5.91 Å². The minimum Gasteiger partial charge on any atom is -0.366 e. The van der Waals surface area contributed by atoms with Crippen LogP contribution in [0.15, 0.2) is 30.3 Å². The summed E-state index contributed by atoms with van der Waals surface area (Å²) >= 11 is 0. The summed E-state index contributed by atoms with van der Waals surface area (Å²) in [5.74, 6) is -0.134. The van der Waals surface area contributed by atoms with E-state index in [-0.39, 0.29) is 5.91 Å². The Hall–Kier alpha value is -3.22. The molecule has 0 atom stereocenters. The Morgan fingerprint density at radius 1 is 1.29 bits per heavy atom. The van der Waals surface area contributed by atoms with Gasteiger partial charge >= 0.3 is 0 Å². The van der Waals surface area contributed by atoms with E-state index >= 15 is 0 Å². The average Bonchev–Trinajstić information content (AvgIpc) is 3.47. The third-order valence-electron chi connectivity index (χ3n) is 5.19. The van der Waals surface area contributed by atoms with Gasteiger partial charge in [-0.1, -0.05) is 12.1 Å². The second kappa shape index (κ2) is 6.74. The number of carbonyl (C=O) groups is 2. The maximum atomic E-state index is 13.3. The maximum Gasteiger partial charge on any atom is 0.254 e. The molecule has 2 N–H and O–H groups in total. The SMILES string of the molecule is Cc1nn(C)c2nc(C3CC3)cc(C(=O)N(C)Cc3cccc(C(N)=O)c3)c12. The molecule has 4 rings (SSSR count). The van der Waals surface area contributed by atoms with Crippen LogP contribution in [0, 0.1) is 6.92 Å². The molecule has 0 bridgehead atoms. The van der Waals surface area contributed by atoms with E-state index in [0.717, 1.165) is 40.8 Å². The molecule has 2 aromatic heterocycles. The number of fused-ring (bicyclic) bond motifs is 1. The zero-order chi connectivity index (χ0) is 20.0. The summed E-state index contributed by atoms with van der Waals surface area (Å²) in [7, 11) is 3.61. The van der Waals surface area contributed by atoms with Crippen LogP contribution in [0.4, 0.5) is 0 Å². The number of carbonyl (C=O) groups excluding carboxylic acids is 2. The summed E-state index contributed by atoms with van der Waals surface area (Å²) in [4.78, 5) is 31.1. The van der Waals surface area contributed by atoms with Gasteiger partial charge in [0.05, 0.1) is 16.6 Å². The van der Waals surface area contributed by atoms with Crippen molar-refractivity contribution in [3.8, 4) is 0 Å². The number of aryl methyl sites for hydroxylation is 2. The summed E-state index contributed by atoms with van der Waals surface area (Å²) in [6, 6.07) is 8.96. The van der Waals surface area contributed by atoms with Gasteiger partial charge in [0.25, 0.3) is 5.91 Å². The molecule has 2 amide bonds. The van der Waals surface area contributed by atoms with E-state index in [1.807, 2.05) is 26.1 Å². The van der Waals surface area contributed by atoms with Crippen molar-refractivity contribution < 1.29 is 9.59 Å². The molecular formula is C21H23N5O2. The van der Waals surface area contributed by atoms with Crippen LogP contribution in [0.25, 0.3) is 11.0 Å². The van der Waals surface area contributed by atoms with E-state index in [1.165, 1.54) is 0 Å². The first-order valence-corrected chi connectivity index (χ1v) is 9.33. The van der Waals surface area contributed by atoms with Gasteiger partial charge in [0.1, 0.15) is 0 Å². The Kier molecular flexibility index (Phi) is 4.37. The van der Waals surface area contributed by atoms with Gasteiger partial charge in [-0.15, -0.1) is 0 Å². The van der Waals surface area contributed by atoms with E-state index in [2.05, 4.69) is 5.10 Å². The minimum atomic E-state index is -0.480. The van der Waals surface area contributed by atoms with E-state index in [1.54, 1.807) is 34.8 Å². The van der Waals surface area contributed by atoms with E-state index in [9.17, 15) is 9.59 Å². The highest BCUT2D eigenvalue weighted by atomic mass is 16.2. The molecule has 1 aromatic carbocycles. The lowest BCUT2D eigenvalue weighted by Crippen LogP contribution is -2.27. The second-order valence-corrected chi connectivity index (χ2v) is 7.50. The summed E-state index contributed by atoms with van der Waals surface area (Å²) < 4.78 is 1.74. The molecule has 0 spiro atoms. The van der Waals surface area contributed by atoms with Gasteiger partial charge < -0.3 is 10.6 Å². The first-order valence-electron chi connectivity index (χ1n) is 9.33. The smallest absolute Gasteiger partial charge is 0.254 e. The molecule has 7 heteroatoms. The molecule has 0 aliphatic heterocycles. The van der Waals surface area contributed by atoms with Crippen LogP contribution >= 0.6 is 0 Å². The standard InChI is InChI=1S/C21H23N5O2/c1-12-18-16(10-17(14-7-8-14)23-20(18)26(3)24-12)21(28)25(2)11-13-5-4-6-15(9-13)19(22)27/h4-6,9-10,14H,7-8,11H2,1-3H3,(H2,22,27). The number of hydrogen-bond donors (Lipinski definition) is 1. The van der Waals surface area contributed by atoms with Crippen LogP contribution in [0.2, 0.25) is 0 Å². The molecule has 2 heterocycles. The highest BCUT2D eigenvalue weighted by molar-refractivity contribution is 6.06. The summed E-state index contributed by atoms with van der Waals surface area (Å²) in [5.41, 5.74) is 9.77. The first-order chi connectivity index (χ1) is 13.3. The molecule has 28 heavy (non-hydrogen) atoms. The van der Waals surface area contributed by atoms with Crippen molar-refractivity contribution in [1.82, 2.24) is 19.7 Å². The number of nitrogens with two attached hydrogens (primary N) is 1. The Labute approximate surface area is 163 Å². The van der Waals surface area contributed by atoms with Crippen molar-refractivity contribution in [3.63, 3.8) is 0 Å². The predicted molar refractivity (Wildman–Crippen MR) is 106 cm³/mol. The van der Waals surface area contributed by atoms with Crippen LogP contribution in [0.5, 0.6) is 0 Å². The maximum absolute atomic E-state index is 13.3. The zero-order valence-corrected chi connectivity index (χ0v) is 16.3. The topological polar surface area (TPSA) is 94.1 Å². The monoisotopic (exact) mass is 377 g/mol. The van der Waals surface area contributed by atoms with Crippen molar-refractivity contribution >= 4 is 22.8 Å². The van der Waals surface area contributed by atoms with Gasteiger partial charge in [0, 0.05) is 37.8 Å². The molecule has 0 saturated heterocycles. The molecule has 1 saturated carbocycles. The van der Waals surface area contributed by atoms with Crippen molar-refractivity contribution in [2.45, 2.75) is 32.2 Å². The molecule has 144 valence electrons. The van der Waals surface area contributed by atoms with Crippen molar-refractivity contribution in [2.24, 2.45) is 12.8 Å². The Bertz CT molecular complexity index is 1100. The summed E-state index contributed by atoms with van der Waals surface area (Å²) in [6.45, 7) is 2.27. The lowest BCUT2D eigenvalue weighted by Gasteiger charge is -2.19. The minimum absolute atomic E-state index is 0.0881. The highest BCUT2D eigenvalue weighted by Crippen LogP contribution is 2.40. The van der Waals surface area contributed by atoms with E-state index in [0.29, 0.717) is 23.6 Å². The van der Waals surface area contributed by atoms with Gasteiger partial charge in [-0.3, -0.25) is 14.3 Å². The summed E-state index contributed by atoms with van der Waals surface area (Å²) in [6.07, 6.45) is 2.22. The Morgan fingerprint density at radius 3 is 2.71 bits per heavy atom. The van der Waals surface area contributed by atoms with E-state index in [4.69, 9.17) is 10.7 Å². The molecule has 1 fully saturated rings. The Balaban J connectivity index is 1.70. The fourth-order valence-corrected chi connectivity index (χ4v) is 3.60. The molecule has 0 unspecified atom stereocenters. The van der Waals surface area contributed by atoms with Crippen molar-refractivity contribution in [3.05, 3.63) is 58.4 Å². The molecule has 1 aliphatic carbocycles. The van der Waals surface area contributed by atoms with Crippen LogP contribution in [0.1, 0.15) is 56.4 Å². The second-order valence-electron chi connectivity index (χ2n) is 7.50. The third kappa shape index (κ3) is 3.24. The van der Waals surface area contributed by atoms with Crippen LogP contribution in [-0.2, 0) is 13.6 Å². The Morgan fingerprint density at radius 2 is 2.04 bits per heavy atom. The van der Waals surface area contributed by atoms with Gasteiger partial charge in [-0.2, -0.15) is 5.10 Å². The number of primary amides is 1.